The van der Waals surface area contributed by atoms with Crippen LogP contribution in [0.4, 0.5) is 5.95 Å². The zero-order valence-corrected chi connectivity index (χ0v) is 6.25. The van der Waals surface area contributed by atoms with Crippen molar-refractivity contribution < 1.29 is 8.42 Å². The first-order valence-corrected chi connectivity index (χ1v) is 4.16. The predicted octanol–water partition coefficient (Wildman–Crippen LogP) is -1.29. The van der Waals surface area contributed by atoms with Crippen LogP contribution in [0.25, 0.3) is 0 Å². The van der Waals surface area contributed by atoms with Crippen molar-refractivity contribution >= 4 is 16.0 Å². The standard InChI is InChI=1S/C4H6N4O2S/c5-4-7-2-1-3(8-4)11(6,9)10/h1-2H,(H2,5,7,8)(H2,6,9,10). The van der Waals surface area contributed by atoms with Crippen LogP contribution in [0.3, 0.4) is 0 Å². The maximum Gasteiger partial charge on any atom is 0.255 e. The third kappa shape index (κ3) is 1.85. The van der Waals surface area contributed by atoms with Crippen molar-refractivity contribution in [3.05, 3.63) is 12.3 Å². The van der Waals surface area contributed by atoms with Crippen molar-refractivity contribution in [2.75, 3.05) is 5.73 Å². The lowest BCUT2D eigenvalue weighted by atomic mass is 10.7. The first-order chi connectivity index (χ1) is 5.00. The molecular formula is C4H6N4O2S. The van der Waals surface area contributed by atoms with Gasteiger partial charge in [-0.1, -0.05) is 0 Å². The van der Waals surface area contributed by atoms with Crippen LogP contribution in [0.2, 0.25) is 0 Å². The average molecular weight is 174 g/mol. The third-order valence-electron chi connectivity index (χ3n) is 0.940. The first-order valence-electron chi connectivity index (χ1n) is 2.61. The summed E-state index contributed by atoms with van der Waals surface area (Å²) in [5.74, 6) is -0.114. The van der Waals surface area contributed by atoms with Gasteiger partial charge in [0.05, 0.1) is 0 Å². The van der Waals surface area contributed by atoms with E-state index < -0.39 is 10.0 Å². The van der Waals surface area contributed by atoms with E-state index in [4.69, 9.17) is 10.9 Å². The van der Waals surface area contributed by atoms with Crippen LogP contribution in [-0.2, 0) is 10.0 Å². The number of hydrogen-bond donors (Lipinski definition) is 2. The van der Waals surface area contributed by atoms with Gasteiger partial charge in [-0.25, -0.2) is 23.5 Å². The van der Waals surface area contributed by atoms with Crippen LogP contribution in [-0.4, -0.2) is 18.4 Å². The molecule has 0 unspecified atom stereocenters. The largest absolute Gasteiger partial charge is 0.368 e. The highest BCUT2D eigenvalue weighted by molar-refractivity contribution is 7.89. The Morgan fingerprint density at radius 1 is 1.45 bits per heavy atom. The van der Waals surface area contributed by atoms with Gasteiger partial charge in [0.2, 0.25) is 5.95 Å². The molecule has 0 bridgehead atoms. The number of rotatable bonds is 1. The highest BCUT2D eigenvalue weighted by Gasteiger charge is 2.08. The number of nitrogen functional groups attached to an aromatic ring is 1. The first kappa shape index (κ1) is 7.89. The average Bonchev–Trinajstić information content (AvgIpc) is 1.86. The summed E-state index contributed by atoms with van der Waals surface area (Å²) in [5.41, 5.74) is 5.11. The molecule has 4 N–H and O–H groups in total. The monoisotopic (exact) mass is 174 g/mol. The maximum atomic E-state index is 10.6. The molecule has 1 heterocycles. The molecule has 0 fully saturated rings. The summed E-state index contributed by atoms with van der Waals surface area (Å²) in [4.78, 5) is 6.90. The molecule has 0 aliphatic carbocycles. The van der Waals surface area contributed by atoms with Crippen molar-refractivity contribution in [3.8, 4) is 0 Å². The van der Waals surface area contributed by atoms with Crippen molar-refractivity contribution in [2.45, 2.75) is 5.03 Å². The SMILES string of the molecule is Nc1nccc(S(N)(=O)=O)n1. The molecule has 60 valence electrons. The van der Waals surface area contributed by atoms with Gasteiger partial charge in [-0.05, 0) is 6.07 Å². The quantitative estimate of drug-likeness (QED) is 0.514. The van der Waals surface area contributed by atoms with E-state index in [1.807, 2.05) is 0 Å². The number of anilines is 1. The Morgan fingerprint density at radius 2 is 2.09 bits per heavy atom. The van der Waals surface area contributed by atoms with Gasteiger partial charge in [-0.15, -0.1) is 0 Å². The second-order valence-electron chi connectivity index (χ2n) is 1.80. The van der Waals surface area contributed by atoms with Gasteiger partial charge >= 0.3 is 0 Å². The minimum atomic E-state index is -3.76. The Bertz CT molecular complexity index is 360. The lowest BCUT2D eigenvalue weighted by Gasteiger charge is -1.95. The molecule has 0 atom stereocenters. The van der Waals surface area contributed by atoms with Gasteiger partial charge in [0.1, 0.15) is 0 Å². The Balaban J connectivity index is 3.28. The van der Waals surface area contributed by atoms with E-state index in [1.54, 1.807) is 0 Å². The fourth-order valence-corrected chi connectivity index (χ4v) is 0.986. The number of hydrogen-bond acceptors (Lipinski definition) is 5. The second-order valence-corrected chi connectivity index (χ2v) is 3.31. The summed E-state index contributed by atoms with van der Waals surface area (Å²) in [7, 11) is -3.76. The molecule has 0 amide bonds. The van der Waals surface area contributed by atoms with Crippen molar-refractivity contribution in [1.29, 1.82) is 0 Å². The van der Waals surface area contributed by atoms with E-state index in [1.165, 1.54) is 12.3 Å². The van der Waals surface area contributed by atoms with E-state index in [0.29, 0.717) is 0 Å². The molecule has 6 nitrogen and oxygen atoms in total. The highest BCUT2D eigenvalue weighted by Crippen LogP contribution is 2.01. The smallest absolute Gasteiger partial charge is 0.255 e. The Hall–Kier alpha value is -1.21. The van der Waals surface area contributed by atoms with E-state index in [-0.39, 0.29) is 11.0 Å². The Kier molecular flexibility index (Phi) is 1.75. The van der Waals surface area contributed by atoms with Crippen LogP contribution < -0.4 is 10.9 Å². The molecule has 0 spiro atoms. The van der Waals surface area contributed by atoms with E-state index in [0.717, 1.165) is 0 Å². The molecule has 0 radical (unpaired) electrons. The summed E-state index contributed by atoms with van der Waals surface area (Å²) in [5, 5.41) is 4.48. The zero-order valence-electron chi connectivity index (χ0n) is 5.43. The van der Waals surface area contributed by atoms with Crippen LogP contribution in [0, 0.1) is 0 Å². The number of primary sulfonamides is 1. The lowest BCUT2D eigenvalue weighted by Crippen LogP contribution is -2.14. The van der Waals surface area contributed by atoms with Crippen molar-refractivity contribution in [3.63, 3.8) is 0 Å². The number of nitrogens with zero attached hydrogens (tertiary/aromatic N) is 2. The number of nitrogens with two attached hydrogens (primary N) is 2. The molecule has 11 heavy (non-hydrogen) atoms. The number of aromatic nitrogens is 2. The van der Waals surface area contributed by atoms with E-state index >= 15 is 0 Å². The fraction of sp³-hybridized carbons (Fsp3) is 0. The van der Waals surface area contributed by atoms with E-state index in [9.17, 15) is 8.42 Å². The van der Waals surface area contributed by atoms with Gasteiger partial charge < -0.3 is 5.73 Å². The molecule has 0 aliphatic rings. The molecule has 0 saturated carbocycles. The zero-order chi connectivity index (χ0) is 8.48. The van der Waals surface area contributed by atoms with Gasteiger partial charge in [-0.2, -0.15) is 0 Å². The summed E-state index contributed by atoms with van der Waals surface area (Å²) >= 11 is 0. The maximum absolute atomic E-state index is 10.6. The van der Waals surface area contributed by atoms with Crippen molar-refractivity contribution in [1.82, 2.24) is 9.97 Å². The topological polar surface area (TPSA) is 112 Å². The molecular weight excluding hydrogens is 168 g/mol. The molecule has 7 heteroatoms. The fourth-order valence-electron chi connectivity index (χ4n) is 0.515. The second kappa shape index (κ2) is 2.44. The van der Waals surface area contributed by atoms with Crippen LogP contribution in [0.15, 0.2) is 17.3 Å². The van der Waals surface area contributed by atoms with Crippen LogP contribution >= 0.6 is 0 Å². The molecule has 0 saturated heterocycles. The summed E-state index contributed by atoms with van der Waals surface area (Å²) in [6.45, 7) is 0. The summed E-state index contributed by atoms with van der Waals surface area (Å²) < 4.78 is 21.2. The minimum Gasteiger partial charge on any atom is -0.368 e. The van der Waals surface area contributed by atoms with Gasteiger partial charge in [-0.3, -0.25) is 0 Å². The van der Waals surface area contributed by atoms with Gasteiger partial charge in [0, 0.05) is 6.20 Å². The Morgan fingerprint density at radius 3 is 2.45 bits per heavy atom. The van der Waals surface area contributed by atoms with Crippen LogP contribution in [0.5, 0.6) is 0 Å². The Labute approximate surface area is 63.3 Å². The van der Waals surface area contributed by atoms with Crippen molar-refractivity contribution in [2.24, 2.45) is 5.14 Å². The highest BCUT2D eigenvalue weighted by atomic mass is 32.2. The molecule has 1 aromatic rings. The molecule has 1 aromatic heterocycles. The molecule has 0 aliphatic heterocycles. The summed E-state index contributed by atoms with van der Waals surface area (Å²) in [6, 6.07) is 1.17. The van der Waals surface area contributed by atoms with Gasteiger partial charge in [0.25, 0.3) is 10.0 Å². The number of sulfonamides is 1. The van der Waals surface area contributed by atoms with Gasteiger partial charge in [0.15, 0.2) is 5.03 Å². The van der Waals surface area contributed by atoms with E-state index in [2.05, 4.69) is 9.97 Å². The molecule has 0 aromatic carbocycles. The third-order valence-corrected chi connectivity index (χ3v) is 1.75. The lowest BCUT2D eigenvalue weighted by molar-refractivity contribution is 0.594. The van der Waals surface area contributed by atoms with Crippen LogP contribution in [0.1, 0.15) is 0 Å². The minimum absolute atomic E-state index is 0.114. The summed E-state index contributed by atoms with van der Waals surface area (Å²) in [6.07, 6.45) is 1.22. The molecule has 1 rings (SSSR count). The normalized spacial score (nSPS) is 11.4. The predicted molar refractivity (Wildman–Crippen MR) is 37.8 cm³/mol.